The van der Waals surface area contributed by atoms with Crippen LogP contribution in [0.5, 0.6) is 0 Å². The molecule has 1 fully saturated rings. The quantitative estimate of drug-likeness (QED) is 0.844. The molecule has 4 nitrogen and oxygen atoms in total. The highest BCUT2D eigenvalue weighted by Crippen LogP contribution is 2.30. The van der Waals surface area contributed by atoms with Crippen molar-refractivity contribution in [3.63, 3.8) is 0 Å². The second-order valence-corrected chi connectivity index (χ2v) is 6.23. The fourth-order valence-corrected chi connectivity index (χ4v) is 3.52. The molecule has 1 atom stereocenters. The van der Waals surface area contributed by atoms with Gasteiger partial charge >= 0.3 is 5.97 Å². The number of benzene rings is 1. The first-order valence-electron chi connectivity index (χ1n) is 6.54. The maximum atomic E-state index is 11.2. The van der Waals surface area contributed by atoms with Gasteiger partial charge in [0.2, 0.25) is 0 Å². The Morgan fingerprint density at radius 2 is 2.15 bits per heavy atom. The molecule has 2 rings (SSSR count). The van der Waals surface area contributed by atoms with E-state index in [2.05, 4.69) is 16.7 Å². The fourth-order valence-electron chi connectivity index (χ4n) is 2.26. The number of hydrogen-bond donors (Lipinski definition) is 1. The summed E-state index contributed by atoms with van der Waals surface area (Å²) in [6, 6.07) is 9.70. The van der Waals surface area contributed by atoms with Crippen LogP contribution in [0.2, 0.25) is 0 Å². The molecule has 20 heavy (non-hydrogen) atoms. The van der Waals surface area contributed by atoms with Crippen molar-refractivity contribution >= 4 is 34.3 Å². The van der Waals surface area contributed by atoms with E-state index in [0.29, 0.717) is 6.67 Å². The van der Waals surface area contributed by atoms with E-state index in [1.165, 1.54) is 0 Å². The second-order valence-electron chi connectivity index (χ2n) is 4.65. The first kappa shape index (κ1) is 15.3. The van der Waals surface area contributed by atoms with Crippen LogP contribution >= 0.6 is 24.0 Å². The van der Waals surface area contributed by atoms with Crippen molar-refractivity contribution in [2.75, 3.05) is 19.1 Å². The summed E-state index contributed by atoms with van der Waals surface area (Å²) in [4.78, 5) is 15.4. The summed E-state index contributed by atoms with van der Waals surface area (Å²) in [5, 5.41) is 9.18. The van der Waals surface area contributed by atoms with E-state index in [4.69, 9.17) is 12.2 Å². The highest BCUT2D eigenvalue weighted by molar-refractivity contribution is 8.22. The lowest BCUT2D eigenvalue weighted by molar-refractivity contribution is -0.138. The van der Waals surface area contributed by atoms with E-state index in [-0.39, 0.29) is 12.5 Å². The molecule has 0 bridgehead atoms. The van der Waals surface area contributed by atoms with Gasteiger partial charge in [0.25, 0.3) is 0 Å². The summed E-state index contributed by atoms with van der Waals surface area (Å²) < 4.78 is 0.894. The predicted octanol–water partition coefficient (Wildman–Crippen LogP) is 2.77. The number of carboxylic acid groups (broad SMARTS) is 1. The van der Waals surface area contributed by atoms with E-state index >= 15 is 0 Å². The molecule has 1 saturated heterocycles. The van der Waals surface area contributed by atoms with Crippen molar-refractivity contribution < 1.29 is 9.90 Å². The summed E-state index contributed by atoms with van der Waals surface area (Å²) in [5.74, 6) is -0.0395. The molecule has 1 N–H and O–H groups in total. The average molecular weight is 310 g/mol. The molecular weight excluding hydrogens is 292 g/mol. The van der Waals surface area contributed by atoms with Crippen molar-refractivity contribution in [3.05, 3.63) is 35.9 Å². The number of thiocarbonyl (C=S) groups is 1. The van der Waals surface area contributed by atoms with E-state index < -0.39 is 5.97 Å². The van der Waals surface area contributed by atoms with Crippen molar-refractivity contribution in [1.82, 2.24) is 9.80 Å². The first-order valence-corrected chi connectivity index (χ1v) is 7.93. The smallest absolute Gasteiger partial charge is 0.305 e. The van der Waals surface area contributed by atoms with Gasteiger partial charge < -0.3 is 10.0 Å². The molecule has 0 amide bonds. The lowest BCUT2D eigenvalue weighted by atomic mass is 10.0. The first-order chi connectivity index (χ1) is 9.61. The third-order valence-electron chi connectivity index (χ3n) is 3.34. The van der Waals surface area contributed by atoms with Gasteiger partial charge in [0.15, 0.2) is 0 Å². The largest absolute Gasteiger partial charge is 0.481 e. The summed E-state index contributed by atoms with van der Waals surface area (Å²) in [6.45, 7) is 3.59. The van der Waals surface area contributed by atoms with Gasteiger partial charge in [-0.15, -0.1) is 0 Å². The third kappa shape index (κ3) is 3.71. The monoisotopic (exact) mass is 310 g/mol. The van der Waals surface area contributed by atoms with Crippen LogP contribution in [-0.2, 0) is 4.79 Å². The number of thioether (sulfide) groups is 1. The number of nitrogens with zero attached hydrogens (tertiary/aromatic N) is 2. The van der Waals surface area contributed by atoms with Gasteiger partial charge in [0.05, 0.1) is 19.0 Å². The van der Waals surface area contributed by atoms with Gasteiger partial charge in [-0.1, -0.05) is 54.3 Å². The van der Waals surface area contributed by atoms with Crippen LogP contribution in [0.4, 0.5) is 0 Å². The molecule has 0 aromatic heterocycles. The second kappa shape index (κ2) is 7.06. The molecule has 1 aromatic carbocycles. The molecule has 1 aliphatic heterocycles. The zero-order valence-electron chi connectivity index (χ0n) is 11.4. The molecule has 1 aliphatic rings. The Labute approximate surface area is 128 Å². The van der Waals surface area contributed by atoms with Gasteiger partial charge in [0, 0.05) is 12.6 Å². The van der Waals surface area contributed by atoms with Crippen LogP contribution < -0.4 is 0 Å². The molecular formula is C14H18N2O2S2. The Balaban J connectivity index is 2.19. The number of carbonyl (C=O) groups is 1. The minimum atomic E-state index is -0.778. The van der Waals surface area contributed by atoms with E-state index in [1.807, 2.05) is 30.3 Å². The highest BCUT2D eigenvalue weighted by Gasteiger charge is 2.29. The molecule has 0 aliphatic carbocycles. The van der Waals surface area contributed by atoms with Crippen molar-refractivity contribution in [1.29, 1.82) is 0 Å². The normalized spacial score (nSPS) is 18.1. The van der Waals surface area contributed by atoms with Crippen LogP contribution in [0.1, 0.15) is 24.9 Å². The van der Waals surface area contributed by atoms with Crippen LogP contribution in [0.3, 0.4) is 0 Å². The SMILES string of the molecule is CCN1CN(C(CC(=O)O)c2ccccc2)CSC1=S. The zero-order chi connectivity index (χ0) is 14.5. The zero-order valence-corrected chi connectivity index (χ0v) is 13.0. The van der Waals surface area contributed by atoms with Gasteiger partial charge in [-0.05, 0) is 12.5 Å². The molecule has 0 radical (unpaired) electrons. The summed E-state index contributed by atoms with van der Waals surface area (Å²) in [7, 11) is 0. The maximum Gasteiger partial charge on any atom is 0.305 e. The van der Waals surface area contributed by atoms with Crippen molar-refractivity contribution in [2.45, 2.75) is 19.4 Å². The maximum absolute atomic E-state index is 11.2. The molecule has 0 saturated carbocycles. The number of carboxylic acids is 1. The van der Waals surface area contributed by atoms with Crippen LogP contribution in [-0.4, -0.2) is 44.3 Å². The van der Waals surface area contributed by atoms with Crippen LogP contribution in [0.15, 0.2) is 30.3 Å². The average Bonchev–Trinajstić information content (AvgIpc) is 2.46. The lowest BCUT2D eigenvalue weighted by Crippen LogP contribution is -2.46. The van der Waals surface area contributed by atoms with Crippen LogP contribution in [0.25, 0.3) is 0 Å². The molecule has 1 heterocycles. The number of hydrogen-bond acceptors (Lipinski definition) is 4. The highest BCUT2D eigenvalue weighted by atomic mass is 32.2. The van der Waals surface area contributed by atoms with Gasteiger partial charge in [-0.3, -0.25) is 9.69 Å². The standard InChI is InChI=1S/C14H18N2O2S2/c1-2-15-9-16(10-20-14(15)19)12(8-13(17)18)11-6-4-3-5-7-11/h3-7,12H,2,8-10H2,1H3,(H,17,18). The van der Waals surface area contributed by atoms with E-state index in [9.17, 15) is 9.90 Å². The predicted molar refractivity (Wildman–Crippen MR) is 85.6 cm³/mol. The summed E-state index contributed by atoms with van der Waals surface area (Å²) in [6.07, 6.45) is 0.106. The van der Waals surface area contributed by atoms with Crippen molar-refractivity contribution in [2.24, 2.45) is 0 Å². The van der Waals surface area contributed by atoms with Gasteiger partial charge in [-0.25, -0.2) is 0 Å². The minimum absolute atomic E-state index is 0.106. The Morgan fingerprint density at radius 1 is 1.45 bits per heavy atom. The van der Waals surface area contributed by atoms with Crippen LogP contribution in [0, 0.1) is 0 Å². The lowest BCUT2D eigenvalue weighted by Gasteiger charge is -2.40. The summed E-state index contributed by atoms with van der Waals surface area (Å²) in [5.41, 5.74) is 1.04. The van der Waals surface area contributed by atoms with Gasteiger partial charge in [-0.2, -0.15) is 0 Å². The van der Waals surface area contributed by atoms with E-state index in [1.54, 1.807) is 11.8 Å². The molecule has 1 aromatic rings. The Bertz CT molecular complexity index is 481. The number of aliphatic carboxylic acids is 1. The summed E-state index contributed by atoms with van der Waals surface area (Å²) >= 11 is 6.92. The Morgan fingerprint density at radius 3 is 2.75 bits per heavy atom. The molecule has 6 heteroatoms. The Hall–Kier alpha value is -1.11. The minimum Gasteiger partial charge on any atom is -0.481 e. The van der Waals surface area contributed by atoms with Crippen molar-refractivity contribution in [3.8, 4) is 0 Å². The molecule has 108 valence electrons. The molecule has 0 spiro atoms. The van der Waals surface area contributed by atoms with E-state index in [0.717, 1.165) is 22.3 Å². The molecule has 1 unspecified atom stereocenters. The van der Waals surface area contributed by atoms with Gasteiger partial charge in [0.1, 0.15) is 4.32 Å². The Kier molecular flexibility index (Phi) is 5.39. The fraction of sp³-hybridized carbons (Fsp3) is 0.429. The number of rotatable bonds is 5. The topological polar surface area (TPSA) is 43.8 Å². The third-order valence-corrected chi connectivity index (χ3v) is 4.92.